The van der Waals surface area contributed by atoms with Crippen LogP contribution < -0.4 is 5.32 Å². The molecule has 2 aliphatic rings. The molecule has 1 amide bonds. The van der Waals surface area contributed by atoms with E-state index in [0.29, 0.717) is 54.8 Å². The number of aromatic nitrogens is 3. The minimum atomic E-state index is -4.72. The van der Waals surface area contributed by atoms with E-state index >= 15 is 4.39 Å². The molecule has 2 atom stereocenters. The number of halogens is 4. The Kier molecular flexibility index (Phi) is 7.32. The van der Waals surface area contributed by atoms with Crippen molar-refractivity contribution in [3.63, 3.8) is 0 Å². The molecule has 0 aliphatic carbocycles. The van der Waals surface area contributed by atoms with Gasteiger partial charge in [0.15, 0.2) is 0 Å². The highest BCUT2D eigenvalue weighted by molar-refractivity contribution is 5.88. The molecule has 0 radical (unpaired) electrons. The molecule has 4 heterocycles. The van der Waals surface area contributed by atoms with Gasteiger partial charge < -0.3 is 14.9 Å². The van der Waals surface area contributed by atoms with Crippen molar-refractivity contribution in [3.8, 4) is 11.4 Å². The lowest BCUT2D eigenvalue weighted by Gasteiger charge is -2.50. The van der Waals surface area contributed by atoms with Crippen molar-refractivity contribution in [2.75, 3.05) is 13.1 Å². The number of benzene rings is 2. The third kappa shape index (κ3) is 5.36. The molecule has 0 saturated carbocycles. The van der Waals surface area contributed by atoms with Crippen LogP contribution in [-0.4, -0.2) is 44.1 Å². The third-order valence-corrected chi connectivity index (χ3v) is 8.83. The van der Waals surface area contributed by atoms with Crippen molar-refractivity contribution in [2.24, 2.45) is 5.41 Å². The van der Waals surface area contributed by atoms with Crippen LogP contribution in [0.25, 0.3) is 22.3 Å². The molecule has 8 nitrogen and oxygen atoms in total. The molecule has 2 aromatic carbocycles. The van der Waals surface area contributed by atoms with Crippen molar-refractivity contribution in [1.29, 1.82) is 0 Å². The first-order valence-corrected chi connectivity index (χ1v) is 14.3. The average Bonchev–Trinajstić information content (AvgIpc) is 3.47. The van der Waals surface area contributed by atoms with Gasteiger partial charge in [-0.1, -0.05) is 55.9 Å². The van der Waals surface area contributed by atoms with Gasteiger partial charge in [0.2, 0.25) is 11.7 Å². The van der Waals surface area contributed by atoms with Crippen LogP contribution in [0.1, 0.15) is 61.6 Å². The Labute approximate surface area is 250 Å². The Morgan fingerprint density at radius 3 is 2.59 bits per heavy atom. The SMILES string of the molecule is C=C1CCC(c2cnc3ccc(C4(O)CCN(Cc5ccc(-c6noc(C(F)(F)F)n6)cc5)CC4(C)C)c(F)c3c2)C(=O)N1. The number of fused-ring (bicyclic) bond motifs is 1. The normalized spacial score (nSPS) is 22.8. The molecule has 6 rings (SSSR count). The summed E-state index contributed by atoms with van der Waals surface area (Å²) in [5.41, 5.74) is 0.967. The zero-order chi connectivity index (χ0) is 31.4. The number of piperidine rings is 2. The largest absolute Gasteiger partial charge is 0.471 e. The number of nitrogens with one attached hydrogen (secondary N) is 1. The van der Waals surface area contributed by atoms with Crippen molar-refractivity contribution < 1.29 is 32.0 Å². The molecule has 2 saturated heterocycles. The van der Waals surface area contributed by atoms with Gasteiger partial charge in [-0.3, -0.25) is 14.7 Å². The Bertz CT molecular complexity index is 1750. The second kappa shape index (κ2) is 10.8. The number of pyridine rings is 1. The first kappa shape index (κ1) is 29.9. The van der Waals surface area contributed by atoms with E-state index < -0.39 is 34.8 Å². The predicted molar refractivity (Wildman–Crippen MR) is 153 cm³/mol. The van der Waals surface area contributed by atoms with Crippen molar-refractivity contribution in [1.82, 2.24) is 25.3 Å². The zero-order valence-electron chi connectivity index (χ0n) is 24.2. The van der Waals surface area contributed by atoms with E-state index in [9.17, 15) is 23.1 Å². The number of carbonyl (C=O) groups excluding carboxylic acids is 1. The molecule has 230 valence electrons. The molecule has 2 aromatic heterocycles. The molecule has 2 fully saturated rings. The van der Waals surface area contributed by atoms with Crippen molar-refractivity contribution in [3.05, 3.63) is 89.3 Å². The summed E-state index contributed by atoms with van der Waals surface area (Å²) in [6, 6.07) is 11.8. The first-order chi connectivity index (χ1) is 20.7. The van der Waals surface area contributed by atoms with Gasteiger partial charge in [-0.2, -0.15) is 18.2 Å². The predicted octanol–water partition coefficient (Wildman–Crippen LogP) is 6.07. The topological polar surface area (TPSA) is 104 Å². The number of hydrogen-bond acceptors (Lipinski definition) is 7. The fraction of sp³-hybridized carbons (Fsp3) is 0.375. The minimum Gasteiger partial charge on any atom is -0.384 e. The summed E-state index contributed by atoms with van der Waals surface area (Å²) in [5, 5.41) is 18.5. The molecular weight excluding hydrogens is 578 g/mol. The van der Waals surface area contributed by atoms with Crippen LogP contribution in [0.3, 0.4) is 0 Å². The highest BCUT2D eigenvalue weighted by Gasteiger charge is 2.50. The number of amides is 1. The molecular formula is C32H31F4N5O3. The smallest absolute Gasteiger partial charge is 0.384 e. The lowest BCUT2D eigenvalue weighted by Crippen LogP contribution is -2.55. The number of carbonyl (C=O) groups is 1. The van der Waals surface area contributed by atoms with Crippen LogP contribution >= 0.6 is 0 Å². The summed E-state index contributed by atoms with van der Waals surface area (Å²) < 4.78 is 59.0. The van der Waals surface area contributed by atoms with Gasteiger partial charge in [0.25, 0.3) is 0 Å². The van der Waals surface area contributed by atoms with E-state index in [1.54, 1.807) is 48.7 Å². The van der Waals surface area contributed by atoms with Gasteiger partial charge in [-0.25, -0.2) is 4.39 Å². The van der Waals surface area contributed by atoms with E-state index in [-0.39, 0.29) is 29.1 Å². The molecule has 44 heavy (non-hydrogen) atoms. The molecule has 2 aliphatic heterocycles. The van der Waals surface area contributed by atoms with Gasteiger partial charge >= 0.3 is 12.1 Å². The van der Waals surface area contributed by atoms with E-state index in [1.165, 1.54) is 0 Å². The summed E-state index contributed by atoms with van der Waals surface area (Å²) in [6.45, 7) is 9.05. The standard InChI is InChI=1S/C32H31F4N5O3/c1-18-4-9-22(28(42)38-18)21-14-23-25(37-15-21)11-10-24(26(23)33)31(43)12-13-41(17-30(31,2)3)16-19-5-7-20(8-6-19)27-39-29(44-40-27)32(34,35)36/h5-8,10-11,14-15,22,43H,1,4,9,12-13,16-17H2,2-3H3,(H,38,42). The van der Waals surface area contributed by atoms with Crippen LogP contribution in [-0.2, 0) is 23.1 Å². The molecule has 2 unspecified atom stereocenters. The fourth-order valence-electron chi connectivity index (χ4n) is 6.32. The minimum absolute atomic E-state index is 0.152. The molecule has 2 N–H and O–H groups in total. The Morgan fingerprint density at radius 2 is 1.93 bits per heavy atom. The van der Waals surface area contributed by atoms with Gasteiger partial charge in [0.1, 0.15) is 5.82 Å². The van der Waals surface area contributed by atoms with Crippen LogP contribution in [0.4, 0.5) is 17.6 Å². The summed E-state index contributed by atoms with van der Waals surface area (Å²) >= 11 is 0. The van der Waals surface area contributed by atoms with Gasteiger partial charge in [-0.05, 0) is 42.5 Å². The van der Waals surface area contributed by atoms with Crippen LogP contribution in [0, 0.1) is 11.2 Å². The van der Waals surface area contributed by atoms with E-state index in [2.05, 4.69) is 36.4 Å². The highest BCUT2D eigenvalue weighted by Crippen LogP contribution is 2.48. The number of alkyl halides is 3. The zero-order valence-corrected chi connectivity index (χ0v) is 24.2. The van der Waals surface area contributed by atoms with Crippen LogP contribution in [0.15, 0.2) is 65.5 Å². The summed E-state index contributed by atoms with van der Waals surface area (Å²) in [5.74, 6) is -2.75. The van der Waals surface area contributed by atoms with Gasteiger partial charge in [0.05, 0.1) is 17.0 Å². The average molecular weight is 610 g/mol. The van der Waals surface area contributed by atoms with Gasteiger partial charge in [-0.15, -0.1) is 0 Å². The molecule has 0 spiro atoms. The third-order valence-electron chi connectivity index (χ3n) is 8.83. The molecule has 12 heteroatoms. The van der Waals surface area contributed by atoms with Crippen molar-refractivity contribution in [2.45, 2.75) is 57.3 Å². The Hall–Kier alpha value is -4.16. The fourth-order valence-corrected chi connectivity index (χ4v) is 6.32. The molecule has 0 bridgehead atoms. The lowest BCUT2D eigenvalue weighted by molar-refractivity contribution is -0.159. The van der Waals surface area contributed by atoms with E-state index in [0.717, 1.165) is 5.56 Å². The highest BCUT2D eigenvalue weighted by atomic mass is 19.4. The number of nitrogens with zero attached hydrogens (tertiary/aromatic N) is 4. The summed E-state index contributed by atoms with van der Waals surface area (Å²) in [7, 11) is 0. The quantitative estimate of drug-likeness (QED) is 0.265. The van der Waals surface area contributed by atoms with E-state index in [1.807, 2.05) is 13.8 Å². The Morgan fingerprint density at radius 1 is 1.18 bits per heavy atom. The lowest BCUT2D eigenvalue weighted by atomic mass is 9.66. The number of likely N-dealkylation sites (tertiary alicyclic amines) is 1. The maximum atomic E-state index is 16.2. The summed E-state index contributed by atoms with van der Waals surface area (Å²) in [6.07, 6.45) is -1.65. The van der Waals surface area contributed by atoms with Gasteiger partial charge in [0, 0.05) is 53.5 Å². The maximum Gasteiger partial charge on any atom is 0.471 e. The monoisotopic (exact) mass is 609 g/mol. The van der Waals surface area contributed by atoms with Crippen LogP contribution in [0.5, 0.6) is 0 Å². The van der Waals surface area contributed by atoms with Crippen LogP contribution in [0.2, 0.25) is 0 Å². The number of hydrogen-bond donors (Lipinski definition) is 2. The molecule has 4 aromatic rings. The summed E-state index contributed by atoms with van der Waals surface area (Å²) in [4.78, 5) is 22.6. The second-order valence-electron chi connectivity index (χ2n) is 12.3. The Balaban J connectivity index is 1.20. The first-order valence-electron chi connectivity index (χ1n) is 14.3. The van der Waals surface area contributed by atoms with E-state index in [4.69, 9.17) is 0 Å². The number of rotatable bonds is 5. The van der Waals surface area contributed by atoms with Crippen molar-refractivity contribution >= 4 is 16.8 Å². The maximum absolute atomic E-state index is 16.2. The second-order valence-corrected chi connectivity index (χ2v) is 12.3. The number of aliphatic hydroxyl groups is 1. The number of allylic oxidation sites excluding steroid dienone is 1.